The van der Waals surface area contributed by atoms with Crippen LogP contribution in [0.3, 0.4) is 0 Å². The lowest BCUT2D eigenvalue weighted by molar-refractivity contribution is 0.148. The number of likely N-dealkylation sites (N-methyl/N-ethyl adjacent to an activating group) is 1. The number of nitrogens with zero attached hydrogens (tertiary/aromatic N) is 2. The maximum absolute atomic E-state index is 5.76. The van der Waals surface area contributed by atoms with Crippen molar-refractivity contribution in [3.05, 3.63) is 54.1 Å². The highest BCUT2D eigenvalue weighted by atomic mass is 15.2. The van der Waals surface area contributed by atoms with Crippen LogP contribution in [0.1, 0.15) is 5.56 Å². The van der Waals surface area contributed by atoms with E-state index in [0.29, 0.717) is 0 Å². The van der Waals surface area contributed by atoms with Gasteiger partial charge in [0.25, 0.3) is 0 Å². The molecule has 3 nitrogen and oxygen atoms in total. The van der Waals surface area contributed by atoms with Crippen LogP contribution in [0.25, 0.3) is 11.1 Å². The van der Waals surface area contributed by atoms with Gasteiger partial charge in [0.2, 0.25) is 0 Å². The van der Waals surface area contributed by atoms with Crippen molar-refractivity contribution >= 4 is 5.69 Å². The lowest BCUT2D eigenvalue weighted by Crippen LogP contribution is -2.43. The number of benzene rings is 2. The first-order chi connectivity index (χ1) is 10.2. The van der Waals surface area contributed by atoms with E-state index in [4.69, 9.17) is 5.73 Å². The number of hydrogen-bond acceptors (Lipinski definition) is 3. The van der Waals surface area contributed by atoms with Crippen LogP contribution >= 0.6 is 0 Å². The molecule has 0 amide bonds. The van der Waals surface area contributed by atoms with Crippen LogP contribution in [0, 0.1) is 0 Å². The number of hydrogen-bond donors (Lipinski definition) is 1. The molecule has 1 fully saturated rings. The average Bonchev–Trinajstić information content (AvgIpc) is 2.51. The highest BCUT2D eigenvalue weighted by Gasteiger charge is 2.13. The van der Waals surface area contributed by atoms with Crippen molar-refractivity contribution in [3.63, 3.8) is 0 Å². The molecule has 110 valence electrons. The Bertz CT molecular complexity index is 584. The van der Waals surface area contributed by atoms with Gasteiger partial charge in [0.15, 0.2) is 0 Å². The van der Waals surface area contributed by atoms with Gasteiger partial charge >= 0.3 is 0 Å². The van der Waals surface area contributed by atoms with E-state index < -0.39 is 0 Å². The van der Waals surface area contributed by atoms with E-state index in [0.717, 1.165) is 38.4 Å². The largest absolute Gasteiger partial charge is 0.399 e. The summed E-state index contributed by atoms with van der Waals surface area (Å²) in [6.45, 7) is 5.68. The topological polar surface area (TPSA) is 32.5 Å². The minimum absolute atomic E-state index is 0.812. The van der Waals surface area contributed by atoms with Crippen LogP contribution in [0.2, 0.25) is 0 Å². The molecule has 3 rings (SSSR count). The lowest BCUT2D eigenvalue weighted by Gasteiger charge is -2.32. The third kappa shape index (κ3) is 3.63. The maximum Gasteiger partial charge on any atom is 0.0314 e. The van der Waals surface area contributed by atoms with Crippen molar-refractivity contribution in [1.29, 1.82) is 0 Å². The summed E-state index contributed by atoms with van der Waals surface area (Å²) in [5.74, 6) is 0. The van der Waals surface area contributed by atoms with Crippen molar-refractivity contribution in [2.75, 3.05) is 39.0 Å². The van der Waals surface area contributed by atoms with E-state index in [1.54, 1.807) is 0 Å². The van der Waals surface area contributed by atoms with Crippen molar-refractivity contribution < 1.29 is 0 Å². The summed E-state index contributed by atoms with van der Waals surface area (Å²) >= 11 is 0. The van der Waals surface area contributed by atoms with Gasteiger partial charge in [0.1, 0.15) is 0 Å². The number of rotatable bonds is 3. The number of piperazine rings is 1. The Labute approximate surface area is 127 Å². The van der Waals surface area contributed by atoms with Crippen LogP contribution in [-0.4, -0.2) is 43.0 Å². The summed E-state index contributed by atoms with van der Waals surface area (Å²) in [7, 11) is 2.19. The summed E-state index contributed by atoms with van der Waals surface area (Å²) in [5, 5.41) is 0. The van der Waals surface area contributed by atoms with E-state index in [2.05, 4.69) is 53.2 Å². The lowest BCUT2D eigenvalue weighted by atomic mass is 10.0. The predicted molar refractivity (Wildman–Crippen MR) is 89.1 cm³/mol. The molecule has 0 saturated carbocycles. The standard InChI is InChI=1S/C18H23N3/c1-20-9-11-21(12-10-20)14-15-3-2-4-17(13-15)16-5-7-18(19)8-6-16/h2-8,13H,9-12,14,19H2,1H3. The monoisotopic (exact) mass is 281 g/mol. The zero-order chi connectivity index (χ0) is 14.7. The molecule has 0 aliphatic carbocycles. The Hall–Kier alpha value is -1.84. The molecule has 21 heavy (non-hydrogen) atoms. The third-order valence-electron chi connectivity index (χ3n) is 4.17. The van der Waals surface area contributed by atoms with Gasteiger partial charge in [-0.05, 0) is 41.9 Å². The van der Waals surface area contributed by atoms with Gasteiger partial charge in [-0.15, -0.1) is 0 Å². The van der Waals surface area contributed by atoms with E-state index in [1.807, 2.05) is 12.1 Å². The molecule has 0 bridgehead atoms. The number of nitrogen functional groups attached to an aromatic ring is 1. The van der Waals surface area contributed by atoms with Crippen molar-refractivity contribution in [2.45, 2.75) is 6.54 Å². The first-order valence-corrected chi connectivity index (χ1v) is 7.56. The van der Waals surface area contributed by atoms with Gasteiger partial charge < -0.3 is 10.6 Å². The fourth-order valence-corrected chi connectivity index (χ4v) is 2.79. The average molecular weight is 281 g/mol. The van der Waals surface area contributed by atoms with Gasteiger partial charge in [-0.25, -0.2) is 0 Å². The summed E-state index contributed by atoms with van der Waals surface area (Å²) < 4.78 is 0. The highest BCUT2D eigenvalue weighted by molar-refractivity contribution is 5.66. The van der Waals surface area contributed by atoms with Crippen LogP contribution in [0.15, 0.2) is 48.5 Å². The minimum Gasteiger partial charge on any atom is -0.399 e. The van der Waals surface area contributed by atoms with Crippen molar-refractivity contribution in [3.8, 4) is 11.1 Å². The van der Waals surface area contributed by atoms with Gasteiger partial charge in [0, 0.05) is 38.4 Å². The molecule has 1 saturated heterocycles. The van der Waals surface area contributed by atoms with Gasteiger partial charge in [-0.3, -0.25) is 4.90 Å². The van der Waals surface area contributed by atoms with Crippen LogP contribution in [-0.2, 0) is 6.54 Å². The van der Waals surface area contributed by atoms with E-state index in [1.165, 1.54) is 16.7 Å². The molecule has 0 unspecified atom stereocenters. The van der Waals surface area contributed by atoms with Crippen molar-refractivity contribution in [2.24, 2.45) is 0 Å². The first-order valence-electron chi connectivity index (χ1n) is 7.56. The fraction of sp³-hybridized carbons (Fsp3) is 0.333. The fourth-order valence-electron chi connectivity index (χ4n) is 2.79. The molecule has 1 aliphatic heterocycles. The summed E-state index contributed by atoms with van der Waals surface area (Å²) in [6, 6.07) is 16.9. The minimum atomic E-state index is 0.812. The first kappa shape index (κ1) is 14.1. The molecular weight excluding hydrogens is 258 g/mol. The maximum atomic E-state index is 5.76. The Morgan fingerprint density at radius 2 is 1.62 bits per heavy atom. The second-order valence-corrected chi connectivity index (χ2v) is 5.90. The second kappa shape index (κ2) is 6.29. The Balaban J connectivity index is 1.72. The molecule has 2 aromatic rings. The van der Waals surface area contributed by atoms with Crippen LogP contribution in [0.4, 0.5) is 5.69 Å². The zero-order valence-corrected chi connectivity index (χ0v) is 12.6. The normalized spacial score (nSPS) is 17.0. The van der Waals surface area contributed by atoms with Crippen molar-refractivity contribution in [1.82, 2.24) is 9.80 Å². The molecule has 0 aromatic heterocycles. The summed E-state index contributed by atoms with van der Waals surface area (Å²) in [6.07, 6.45) is 0. The van der Waals surface area contributed by atoms with E-state index in [-0.39, 0.29) is 0 Å². The molecule has 3 heteroatoms. The molecule has 0 radical (unpaired) electrons. The molecule has 0 atom stereocenters. The quantitative estimate of drug-likeness (QED) is 0.878. The van der Waals surface area contributed by atoms with E-state index in [9.17, 15) is 0 Å². The molecule has 2 aromatic carbocycles. The SMILES string of the molecule is CN1CCN(Cc2cccc(-c3ccc(N)cc3)c2)CC1. The second-order valence-electron chi connectivity index (χ2n) is 5.90. The molecular formula is C18H23N3. The van der Waals surface area contributed by atoms with Gasteiger partial charge in [0.05, 0.1) is 0 Å². The summed E-state index contributed by atoms with van der Waals surface area (Å²) in [4.78, 5) is 4.92. The van der Waals surface area contributed by atoms with Gasteiger partial charge in [-0.1, -0.05) is 30.3 Å². The number of nitrogens with two attached hydrogens (primary N) is 1. The third-order valence-corrected chi connectivity index (χ3v) is 4.17. The van der Waals surface area contributed by atoms with Crippen LogP contribution in [0.5, 0.6) is 0 Å². The smallest absolute Gasteiger partial charge is 0.0314 e. The van der Waals surface area contributed by atoms with E-state index >= 15 is 0 Å². The molecule has 0 spiro atoms. The summed E-state index contributed by atoms with van der Waals surface area (Å²) in [5.41, 5.74) is 10.4. The predicted octanol–water partition coefficient (Wildman–Crippen LogP) is 2.68. The Morgan fingerprint density at radius 1 is 0.905 bits per heavy atom. The zero-order valence-electron chi connectivity index (χ0n) is 12.6. The molecule has 1 aliphatic rings. The molecule has 1 heterocycles. The van der Waals surface area contributed by atoms with Gasteiger partial charge in [-0.2, -0.15) is 0 Å². The highest BCUT2D eigenvalue weighted by Crippen LogP contribution is 2.22. The van der Waals surface area contributed by atoms with Crippen LogP contribution < -0.4 is 5.73 Å². The molecule has 2 N–H and O–H groups in total. The number of anilines is 1. The Morgan fingerprint density at radius 3 is 2.33 bits per heavy atom. The Kier molecular flexibility index (Phi) is 4.23.